The SMILES string of the molecule is Cn1ccc(CNC(=O)c2cccnc2Cl)n1. The first kappa shape index (κ1) is 11.6. The highest BCUT2D eigenvalue weighted by atomic mass is 35.5. The van der Waals surface area contributed by atoms with Crippen LogP contribution in [0.3, 0.4) is 0 Å². The van der Waals surface area contributed by atoms with Crippen LogP contribution in [0, 0.1) is 0 Å². The summed E-state index contributed by atoms with van der Waals surface area (Å²) in [6.45, 7) is 0.366. The topological polar surface area (TPSA) is 59.8 Å². The fourth-order valence-corrected chi connectivity index (χ4v) is 1.58. The van der Waals surface area contributed by atoms with E-state index in [0.29, 0.717) is 12.1 Å². The number of halogens is 1. The predicted molar refractivity (Wildman–Crippen MR) is 63.6 cm³/mol. The van der Waals surface area contributed by atoms with Crippen molar-refractivity contribution in [2.45, 2.75) is 6.54 Å². The molecule has 0 saturated heterocycles. The second-order valence-electron chi connectivity index (χ2n) is 3.51. The number of carbonyl (C=O) groups is 1. The minimum atomic E-state index is -0.256. The molecule has 1 amide bonds. The largest absolute Gasteiger partial charge is 0.346 e. The van der Waals surface area contributed by atoms with Gasteiger partial charge in [0.25, 0.3) is 5.91 Å². The summed E-state index contributed by atoms with van der Waals surface area (Å²) in [4.78, 5) is 15.6. The van der Waals surface area contributed by atoms with E-state index in [4.69, 9.17) is 11.6 Å². The van der Waals surface area contributed by atoms with Gasteiger partial charge in [0.05, 0.1) is 17.8 Å². The van der Waals surface area contributed by atoms with Gasteiger partial charge in [0, 0.05) is 19.4 Å². The first-order valence-corrected chi connectivity index (χ1v) is 5.42. The van der Waals surface area contributed by atoms with Crippen LogP contribution in [0.4, 0.5) is 0 Å². The second kappa shape index (κ2) is 4.97. The summed E-state index contributed by atoms with van der Waals surface area (Å²) in [5.74, 6) is -0.256. The Morgan fingerprint density at radius 2 is 2.35 bits per heavy atom. The van der Waals surface area contributed by atoms with Crippen molar-refractivity contribution in [1.29, 1.82) is 0 Å². The Balaban J connectivity index is 2.01. The van der Waals surface area contributed by atoms with Crippen LogP contribution >= 0.6 is 11.6 Å². The molecule has 0 aliphatic heterocycles. The van der Waals surface area contributed by atoms with Crippen LogP contribution in [0.2, 0.25) is 5.15 Å². The van der Waals surface area contributed by atoms with Crippen LogP contribution in [-0.4, -0.2) is 20.7 Å². The lowest BCUT2D eigenvalue weighted by atomic mass is 10.2. The van der Waals surface area contributed by atoms with Crippen LogP contribution in [0.5, 0.6) is 0 Å². The van der Waals surface area contributed by atoms with Crippen molar-refractivity contribution < 1.29 is 4.79 Å². The van der Waals surface area contributed by atoms with Crippen LogP contribution < -0.4 is 5.32 Å². The molecule has 0 saturated carbocycles. The maximum absolute atomic E-state index is 11.8. The van der Waals surface area contributed by atoms with Gasteiger partial charge in [0.1, 0.15) is 5.15 Å². The molecule has 1 N–H and O–H groups in total. The molecular weight excluding hydrogens is 240 g/mol. The van der Waals surface area contributed by atoms with Gasteiger partial charge >= 0.3 is 0 Å². The minimum absolute atomic E-state index is 0.200. The molecule has 0 bridgehead atoms. The second-order valence-corrected chi connectivity index (χ2v) is 3.86. The number of nitrogens with one attached hydrogen (secondary N) is 1. The Labute approximate surface area is 103 Å². The third-order valence-electron chi connectivity index (χ3n) is 2.20. The maximum atomic E-state index is 11.8. The summed E-state index contributed by atoms with van der Waals surface area (Å²) in [6.07, 6.45) is 3.36. The van der Waals surface area contributed by atoms with Gasteiger partial charge in [-0.2, -0.15) is 5.10 Å². The van der Waals surface area contributed by atoms with Gasteiger partial charge in [-0.25, -0.2) is 4.98 Å². The molecule has 0 spiro atoms. The lowest BCUT2D eigenvalue weighted by molar-refractivity contribution is 0.0950. The zero-order valence-electron chi connectivity index (χ0n) is 9.22. The van der Waals surface area contributed by atoms with E-state index in [9.17, 15) is 4.79 Å². The van der Waals surface area contributed by atoms with Gasteiger partial charge in [-0.15, -0.1) is 0 Å². The van der Waals surface area contributed by atoms with Crippen molar-refractivity contribution in [2.75, 3.05) is 0 Å². The van der Waals surface area contributed by atoms with E-state index < -0.39 is 0 Å². The fraction of sp³-hybridized carbons (Fsp3) is 0.182. The molecule has 6 heteroatoms. The molecule has 2 aromatic heterocycles. The minimum Gasteiger partial charge on any atom is -0.346 e. The molecule has 17 heavy (non-hydrogen) atoms. The number of rotatable bonds is 3. The molecule has 0 aromatic carbocycles. The zero-order valence-corrected chi connectivity index (χ0v) is 9.98. The number of carbonyl (C=O) groups excluding carboxylic acids is 1. The molecule has 0 atom stereocenters. The molecule has 5 nitrogen and oxygen atoms in total. The number of hydrogen-bond acceptors (Lipinski definition) is 3. The third-order valence-corrected chi connectivity index (χ3v) is 2.50. The van der Waals surface area contributed by atoms with Crippen molar-refractivity contribution >= 4 is 17.5 Å². The highest BCUT2D eigenvalue weighted by Gasteiger charge is 2.10. The Hall–Kier alpha value is -1.88. The molecule has 88 valence electrons. The molecule has 2 aromatic rings. The summed E-state index contributed by atoms with van der Waals surface area (Å²) in [5.41, 5.74) is 1.16. The van der Waals surface area contributed by atoms with Crippen molar-refractivity contribution in [3.8, 4) is 0 Å². The van der Waals surface area contributed by atoms with Crippen LogP contribution in [0.15, 0.2) is 30.6 Å². The van der Waals surface area contributed by atoms with Crippen molar-refractivity contribution in [3.05, 3.63) is 47.0 Å². The first-order valence-electron chi connectivity index (χ1n) is 5.04. The Morgan fingerprint density at radius 3 is 3.00 bits per heavy atom. The summed E-state index contributed by atoms with van der Waals surface area (Å²) >= 11 is 5.81. The molecule has 0 aliphatic rings. The monoisotopic (exact) mass is 250 g/mol. The molecule has 0 radical (unpaired) electrons. The van der Waals surface area contributed by atoms with Gasteiger partial charge in [0.2, 0.25) is 0 Å². The van der Waals surface area contributed by atoms with Gasteiger partial charge in [-0.05, 0) is 18.2 Å². The number of nitrogens with zero attached hydrogens (tertiary/aromatic N) is 3. The van der Waals surface area contributed by atoms with E-state index in [1.54, 1.807) is 16.8 Å². The highest BCUT2D eigenvalue weighted by Crippen LogP contribution is 2.11. The average Bonchev–Trinajstić information content (AvgIpc) is 2.73. The lowest BCUT2D eigenvalue weighted by Crippen LogP contribution is -2.23. The van der Waals surface area contributed by atoms with Crippen LogP contribution in [-0.2, 0) is 13.6 Å². The molecule has 0 fully saturated rings. The normalized spacial score (nSPS) is 10.2. The van der Waals surface area contributed by atoms with Crippen molar-refractivity contribution in [1.82, 2.24) is 20.1 Å². The van der Waals surface area contributed by atoms with Gasteiger partial charge < -0.3 is 5.32 Å². The molecule has 0 unspecified atom stereocenters. The van der Waals surface area contributed by atoms with Gasteiger partial charge in [0.15, 0.2) is 0 Å². The van der Waals surface area contributed by atoms with Crippen molar-refractivity contribution in [3.63, 3.8) is 0 Å². The lowest BCUT2D eigenvalue weighted by Gasteiger charge is -2.04. The number of amides is 1. The van der Waals surface area contributed by atoms with E-state index >= 15 is 0 Å². The number of pyridine rings is 1. The summed E-state index contributed by atoms with van der Waals surface area (Å²) < 4.78 is 1.68. The van der Waals surface area contributed by atoms with E-state index in [1.807, 2.05) is 19.3 Å². The quantitative estimate of drug-likeness (QED) is 0.838. The number of aryl methyl sites for hydroxylation is 1. The van der Waals surface area contributed by atoms with E-state index in [2.05, 4.69) is 15.4 Å². The van der Waals surface area contributed by atoms with Crippen molar-refractivity contribution in [2.24, 2.45) is 7.05 Å². The maximum Gasteiger partial charge on any atom is 0.254 e. The number of aromatic nitrogens is 3. The highest BCUT2D eigenvalue weighted by molar-refractivity contribution is 6.32. The van der Waals surface area contributed by atoms with Crippen LogP contribution in [0.25, 0.3) is 0 Å². The van der Waals surface area contributed by atoms with E-state index in [0.717, 1.165) is 5.69 Å². The first-order chi connectivity index (χ1) is 8.16. The summed E-state index contributed by atoms with van der Waals surface area (Å²) in [5, 5.41) is 7.08. The summed E-state index contributed by atoms with van der Waals surface area (Å²) in [7, 11) is 1.82. The predicted octanol–water partition coefficient (Wildman–Crippen LogP) is 1.40. The van der Waals surface area contributed by atoms with Gasteiger partial charge in [-0.1, -0.05) is 11.6 Å². The number of hydrogen-bond donors (Lipinski definition) is 1. The van der Waals surface area contributed by atoms with Gasteiger partial charge in [-0.3, -0.25) is 9.48 Å². The zero-order chi connectivity index (χ0) is 12.3. The molecular formula is C11H11ClN4O. The molecule has 2 heterocycles. The molecule has 2 rings (SSSR count). The van der Waals surface area contributed by atoms with E-state index in [-0.39, 0.29) is 11.1 Å². The van der Waals surface area contributed by atoms with E-state index in [1.165, 1.54) is 6.20 Å². The smallest absolute Gasteiger partial charge is 0.254 e. The Bertz CT molecular complexity index is 538. The molecule has 0 aliphatic carbocycles. The van der Waals surface area contributed by atoms with Crippen LogP contribution in [0.1, 0.15) is 16.1 Å². The Kier molecular flexibility index (Phi) is 3.39. The average molecular weight is 251 g/mol. The fourth-order valence-electron chi connectivity index (χ4n) is 1.38. The Morgan fingerprint density at radius 1 is 1.53 bits per heavy atom. The summed E-state index contributed by atoms with van der Waals surface area (Å²) in [6, 6.07) is 5.13. The standard InChI is InChI=1S/C11H11ClN4O/c1-16-6-4-8(15-16)7-14-11(17)9-3-2-5-13-10(9)12/h2-6H,7H2,1H3,(H,14,17). The third kappa shape index (κ3) is 2.82.